The van der Waals surface area contributed by atoms with Crippen molar-refractivity contribution < 1.29 is 15.3 Å². The van der Waals surface area contributed by atoms with Crippen LogP contribution in [-0.2, 0) is 6.54 Å². The van der Waals surface area contributed by atoms with Crippen molar-refractivity contribution in [2.75, 3.05) is 13.6 Å². The zero-order chi connectivity index (χ0) is 14.5. The largest absolute Gasteiger partial charge is 0.504 e. The summed E-state index contributed by atoms with van der Waals surface area (Å²) in [5.41, 5.74) is 1.76. The Morgan fingerprint density at radius 3 is 2.35 bits per heavy atom. The van der Waals surface area contributed by atoms with Gasteiger partial charge >= 0.3 is 0 Å². The Kier molecular flexibility index (Phi) is 4.61. The van der Waals surface area contributed by atoms with Gasteiger partial charge in [-0.3, -0.25) is 4.90 Å². The molecule has 0 radical (unpaired) electrons. The Labute approximate surface area is 118 Å². The Morgan fingerprint density at radius 2 is 1.70 bits per heavy atom. The summed E-state index contributed by atoms with van der Waals surface area (Å²) in [6, 6.07) is 14.4. The van der Waals surface area contributed by atoms with Crippen molar-refractivity contribution in [3.8, 4) is 11.5 Å². The van der Waals surface area contributed by atoms with Crippen LogP contribution in [0.15, 0.2) is 48.5 Å². The van der Waals surface area contributed by atoms with Crippen molar-refractivity contribution in [3.63, 3.8) is 0 Å². The van der Waals surface area contributed by atoms with E-state index >= 15 is 0 Å². The second-order valence-corrected chi connectivity index (χ2v) is 4.95. The van der Waals surface area contributed by atoms with Gasteiger partial charge in [0, 0.05) is 13.1 Å². The summed E-state index contributed by atoms with van der Waals surface area (Å²) in [4.78, 5) is 2.00. The molecular formula is C16H19NO3. The van der Waals surface area contributed by atoms with Crippen LogP contribution in [0.1, 0.15) is 17.2 Å². The first-order valence-corrected chi connectivity index (χ1v) is 6.48. The van der Waals surface area contributed by atoms with Gasteiger partial charge < -0.3 is 15.3 Å². The van der Waals surface area contributed by atoms with Gasteiger partial charge in [0.1, 0.15) is 0 Å². The maximum absolute atomic E-state index is 10.1. The first-order chi connectivity index (χ1) is 9.56. The van der Waals surface area contributed by atoms with Crippen molar-refractivity contribution in [2.45, 2.75) is 12.6 Å². The van der Waals surface area contributed by atoms with Crippen molar-refractivity contribution >= 4 is 0 Å². The number of likely N-dealkylation sites (N-methyl/N-ethyl adjacent to an activating group) is 1. The molecule has 2 rings (SSSR count). The number of phenolic OH excluding ortho intramolecular Hbond substituents is 2. The zero-order valence-corrected chi connectivity index (χ0v) is 11.4. The van der Waals surface area contributed by atoms with E-state index in [0.717, 1.165) is 6.54 Å². The summed E-state index contributed by atoms with van der Waals surface area (Å²) in [6.45, 7) is 1.18. The second kappa shape index (κ2) is 6.41. The van der Waals surface area contributed by atoms with E-state index in [0.29, 0.717) is 12.1 Å². The third-order valence-corrected chi connectivity index (χ3v) is 3.16. The van der Waals surface area contributed by atoms with Gasteiger partial charge in [-0.1, -0.05) is 36.4 Å². The molecule has 0 saturated carbocycles. The quantitative estimate of drug-likeness (QED) is 0.731. The fourth-order valence-corrected chi connectivity index (χ4v) is 2.11. The van der Waals surface area contributed by atoms with E-state index in [1.165, 1.54) is 17.7 Å². The molecule has 0 aliphatic carbocycles. The zero-order valence-electron chi connectivity index (χ0n) is 11.4. The van der Waals surface area contributed by atoms with Gasteiger partial charge in [-0.05, 0) is 30.3 Å². The van der Waals surface area contributed by atoms with Crippen LogP contribution < -0.4 is 0 Å². The minimum atomic E-state index is -0.713. The van der Waals surface area contributed by atoms with Crippen molar-refractivity contribution in [3.05, 3.63) is 59.7 Å². The lowest BCUT2D eigenvalue weighted by Crippen LogP contribution is -2.24. The first-order valence-electron chi connectivity index (χ1n) is 6.48. The van der Waals surface area contributed by atoms with Crippen LogP contribution in [0.2, 0.25) is 0 Å². The van der Waals surface area contributed by atoms with Crippen molar-refractivity contribution in [2.24, 2.45) is 0 Å². The number of aliphatic hydroxyl groups is 1. The number of benzene rings is 2. The minimum absolute atomic E-state index is 0.182. The molecule has 4 nitrogen and oxygen atoms in total. The number of hydrogen-bond acceptors (Lipinski definition) is 4. The van der Waals surface area contributed by atoms with Gasteiger partial charge in [-0.2, -0.15) is 0 Å². The van der Waals surface area contributed by atoms with E-state index < -0.39 is 6.10 Å². The van der Waals surface area contributed by atoms with E-state index in [1.54, 1.807) is 6.07 Å². The molecule has 0 aliphatic rings. The number of rotatable bonds is 5. The molecule has 20 heavy (non-hydrogen) atoms. The predicted octanol–water partition coefficient (Wildman–Crippen LogP) is 2.26. The average molecular weight is 273 g/mol. The Bertz CT molecular complexity index is 557. The summed E-state index contributed by atoms with van der Waals surface area (Å²) >= 11 is 0. The Morgan fingerprint density at radius 1 is 1.00 bits per heavy atom. The second-order valence-electron chi connectivity index (χ2n) is 4.95. The Balaban J connectivity index is 1.96. The van der Waals surface area contributed by atoms with Crippen LogP contribution in [0.3, 0.4) is 0 Å². The predicted molar refractivity (Wildman–Crippen MR) is 77.5 cm³/mol. The van der Waals surface area contributed by atoms with Crippen LogP contribution >= 0.6 is 0 Å². The summed E-state index contributed by atoms with van der Waals surface area (Å²) in [6.07, 6.45) is -0.713. The van der Waals surface area contributed by atoms with E-state index in [9.17, 15) is 15.3 Å². The lowest BCUT2D eigenvalue weighted by atomic mass is 10.1. The molecule has 2 aromatic carbocycles. The van der Waals surface area contributed by atoms with Crippen LogP contribution in [-0.4, -0.2) is 33.8 Å². The fraction of sp³-hybridized carbons (Fsp3) is 0.250. The molecule has 0 aliphatic heterocycles. The lowest BCUT2D eigenvalue weighted by Gasteiger charge is -2.21. The number of phenols is 2. The molecule has 3 N–H and O–H groups in total. The summed E-state index contributed by atoms with van der Waals surface area (Å²) in [7, 11) is 1.93. The Hall–Kier alpha value is -2.04. The van der Waals surface area contributed by atoms with E-state index in [-0.39, 0.29) is 11.5 Å². The van der Waals surface area contributed by atoms with Gasteiger partial charge in [-0.25, -0.2) is 0 Å². The lowest BCUT2D eigenvalue weighted by molar-refractivity contribution is 0.123. The van der Waals surface area contributed by atoms with Gasteiger partial charge in [0.05, 0.1) is 6.10 Å². The smallest absolute Gasteiger partial charge is 0.157 e. The molecule has 0 saturated heterocycles. The fourth-order valence-electron chi connectivity index (χ4n) is 2.11. The van der Waals surface area contributed by atoms with Gasteiger partial charge in [0.15, 0.2) is 11.5 Å². The maximum atomic E-state index is 10.1. The van der Waals surface area contributed by atoms with Gasteiger partial charge in [0.2, 0.25) is 0 Å². The highest BCUT2D eigenvalue weighted by Gasteiger charge is 2.12. The van der Waals surface area contributed by atoms with Crippen LogP contribution in [0.5, 0.6) is 11.5 Å². The number of aliphatic hydroxyl groups excluding tert-OH is 1. The molecule has 0 bridgehead atoms. The van der Waals surface area contributed by atoms with Crippen molar-refractivity contribution in [1.82, 2.24) is 4.90 Å². The van der Waals surface area contributed by atoms with Crippen LogP contribution in [0.25, 0.3) is 0 Å². The van der Waals surface area contributed by atoms with Crippen LogP contribution in [0.4, 0.5) is 0 Å². The van der Waals surface area contributed by atoms with Crippen molar-refractivity contribution in [1.29, 1.82) is 0 Å². The summed E-state index contributed by atoms with van der Waals surface area (Å²) in [5, 5.41) is 28.9. The highest BCUT2D eigenvalue weighted by atomic mass is 16.3. The molecule has 0 heterocycles. The molecule has 106 valence electrons. The first kappa shape index (κ1) is 14.4. The molecule has 2 aromatic rings. The number of hydrogen-bond donors (Lipinski definition) is 3. The third-order valence-electron chi connectivity index (χ3n) is 3.16. The monoisotopic (exact) mass is 273 g/mol. The molecule has 1 atom stereocenters. The standard InChI is InChI=1S/C16H19NO3/c1-17(10-12-5-3-2-4-6-12)11-16(20)13-7-8-14(18)15(19)9-13/h2-9,16,18-20H,10-11H2,1H3. The molecule has 0 spiro atoms. The van der Waals surface area contributed by atoms with Gasteiger partial charge in [0.25, 0.3) is 0 Å². The summed E-state index contributed by atoms with van der Waals surface area (Å²) < 4.78 is 0. The topological polar surface area (TPSA) is 63.9 Å². The maximum Gasteiger partial charge on any atom is 0.157 e. The van der Waals surface area contributed by atoms with E-state index in [4.69, 9.17) is 0 Å². The minimum Gasteiger partial charge on any atom is -0.504 e. The molecule has 0 fully saturated rings. The molecular weight excluding hydrogens is 254 g/mol. The normalized spacial score (nSPS) is 12.6. The van der Waals surface area contributed by atoms with Gasteiger partial charge in [-0.15, -0.1) is 0 Å². The highest BCUT2D eigenvalue weighted by Crippen LogP contribution is 2.28. The van der Waals surface area contributed by atoms with E-state index in [1.807, 2.05) is 42.3 Å². The van der Waals surface area contributed by atoms with Crippen LogP contribution in [0, 0.1) is 0 Å². The SMILES string of the molecule is CN(Cc1ccccc1)CC(O)c1ccc(O)c(O)c1. The van der Waals surface area contributed by atoms with E-state index in [2.05, 4.69) is 0 Å². The molecule has 0 amide bonds. The summed E-state index contributed by atoms with van der Waals surface area (Å²) in [5.74, 6) is -0.397. The average Bonchev–Trinajstić information content (AvgIpc) is 2.42. The molecule has 4 heteroatoms. The number of aromatic hydroxyl groups is 2. The highest BCUT2D eigenvalue weighted by molar-refractivity contribution is 5.41. The number of nitrogens with zero attached hydrogens (tertiary/aromatic N) is 1. The molecule has 0 aromatic heterocycles. The third kappa shape index (κ3) is 3.73. The molecule has 1 unspecified atom stereocenters.